The molecule has 4 aliphatic heterocycles. The number of aliphatic hydroxyl groups is 4. The van der Waals surface area contributed by atoms with E-state index < -0.39 is 128 Å². The third-order valence-corrected chi connectivity index (χ3v) is 24.5. The molecule has 0 unspecified atom stereocenters. The lowest BCUT2D eigenvalue weighted by Crippen LogP contribution is -2.80. The van der Waals surface area contributed by atoms with Crippen LogP contribution in [-0.4, -0.2) is 127 Å². The van der Waals surface area contributed by atoms with Crippen LogP contribution in [0.4, 0.5) is 0 Å². The Bertz CT molecular complexity index is 3080. The summed E-state index contributed by atoms with van der Waals surface area (Å²) in [6.07, 6.45) is 5.98. The van der Waals surface area contributed by atoms with Gasteiger partial charge in [0.25, 0.3) is 0 Å². The van der Waals surface area contributed by atoms with Gasteiger partial charge in [0, 0.05) is 58.6 Å². The number of fused-ring (bicyclic) bond motifs is 12. The maximum atomic E-state index is 15.8. The van der Waals surface area contributed by atoms with E-state index in [1.165, 1.54) is 12.4 Å². The van der Waals surface area contributed by atoms with E-state index in [-0.39, 0.29) is 96.3 Å². The van der Waals surface area contributed by atoms with Crippen molar-refractivity contribution >= 4 is 35.8 Å². The number of pyridine rings is 2. The first-order valence-corrected chi connectivity index (χ1v) is 31.5. The third-order valence-electron chi connectivity index (χ3n) is 24.5. The third kappa shape index (κ3) is 7.65. The number of aliphatic hydroxyl groups excluding tert-OH is 4. The van der Waals surface area contributed by atoms with Gasteiger partial charge >= 0.3 is 35.8 Å². The number of rotatable bonds is 12. The van der Waals surface area contributed by atoms with E-state index in [2.05, 4.69) is 9.97 Å². The van der Waals surface area contributed by atoms with Crippen LogP contribution in [0.15, 0.2) is 71.7 Å². The molecule has 9 fully saturated rings. The van der Waals surface area contributed by atoms with E-state index in [0.29, 0.717) is 36.8 Å². The average molecular weight is 1190 g/mol. The fourth-order valence-corrected chi connectivity index (χ4v) is 19.5. The van der Waals surface area contributed by atoms with Crippen LogP contribution >= 0.6 is 0 Å². The highest BCUT2D eigenvalue weighted by Crippen LogP contribution is 2.78. The number of esters is 6. The molecule has 0 amide bonds. The van der Waals surface area contributed by atoms with Gasteiger partial charge in [0.1, 0.15) is 71.1 Å². The van der Waals surface area contributed by atoms with Crippen molar-refractivity contribution in [1.29, 1.82) is 0 Å². The molecule has 15 rings (SSSR count). The van der Waals surface area contributed by atoms with Crippen LogP contribution in [0, 0.1) is 80.8 Å². The van der Waals surface area contributed by atoms with Gasteiger partial charge in [0.15, 0.2) is 11.2 Å². The molecule has 16 atom stereocenters. The van der Waals surface area contributed by atoms with Gasteiger partial charge in [-0.15, -0.1) is 0 Å². The first-order valence-electron chi connectivity index (χ1n) is 31.5. The molecule has 0 saturated heterocycles. The second-order valence-corrected chi connectivity index (χ2v) is 29.6. The predicted octanol–water partition coefficient (Wildman–Crippen LogP) is 5.89. The standard InChI is InChI=1S/C66H78N2O18/c1-59-21-19-41(81-55(75)33-15-16-33)61(3,29-79-53(73)31-11-12-31)37(59)25-39(69)63(5)49(59)45(71)43-47(83-63)51-65(85-57(43)77,35-9-7-23-67-27-35)52-48-44(58(78)86-66(51,52)36-10-8-24-68-28-36)46(72)50-60(2)22-20-42(82-56(76)34-17-18-34)62(4,30-80-54(74)32-13-14-32)38(60)26-40(70)64(50,6)84-48/h7-10,23-24,27-28,31-34,37-42,45-46,49-52,69-72H,11-22,25-26,29-30H2,1-6H3/t37-,38-,39+,40+,41+,42+,45+,46+,49-,50-,51?,52?,59+,60+,61+,62+,63-,64-,65?,66?/m1/s1. The minimum absolute atomic E-state index is 0.0584. The monoisotopic (exact) mass is 1190 g/mol. The number of hydrogen-bond donors (Lipinski definition) is 4. The fourth-order valence-electron chi connectivity index (χ4n) is 19.5. The molecule has 2 aromatic heterocycles. The Morgan fingerprint density at radius 3 is 1.22 bits per heavy atom. The number of aromatic nitrogens is 2. The normalized spacial score (nSPS) is 45.9. The predicted molar refractivity (Wildman–Crippen MR) is 295 cm³/mol. The van der Waals surface area contributed by atoms with Crippen molar-refractivity contribution in [3.63, 3.8) is 0 Å². The molecule has 20 heteroatoms. The van der Waals surface area contributed by atoms with Crippen LogP contribution in [0.5, 0.6) is 0 Å². The van der Waals surface area contributed by atoms with Gasteiger partial charge in [-0.25, -0.2) is 9.59 Å². The van der Waals surface area contributed by atoms with Gasteiger partial charge in [-0.2, -0.15) is 0 Å². The summed E-state index contributed by atoms with van der Waals surface area (Å²) in [6.45, 7) is 11.1. The van der Waals surface area contributed by atoms with Gasteiger partial charge in [-0.1, -0.05) is 39.8 Å². The summed E-state index contributed by atoms with van der Waals surface area (Å²) in [5.41, 5.74) is -11.1. The van der Waals surface area contributed by atoms with Gasteiger partial charge in [-0.3, -0.25) is 29.1 Å². The molecule has 9 saturated carbocycles. The van der Waals surface area contributed by atoms with E-state index in [4.69, 9.17) is 37.9 Å². The van der Waals surface area contributed by atoms with Crippen molar-refractivity contribution < 1.29 is 87.1 Å². The zero-order chi connectivity index (χ0) is 60.2. The zero-order valence-corrected chi connectivity index (χ0v) is 49.6. The summed E-state index contributed by atoms with van der Waals surface area (Å²) in [5, 5.41) is 52.9. The SMILES string of the molecule is C[C@]1(COC(=O)C2CC2)[C@@H]2C[C@H](O)[C@@]3(C)OC4=C(C(=O)OC5(c6cccnc6)C4C4(c6cccnc6)OC(=O)C6=C(O[C@@]7(C)[C@H]([C@H]6O)[C@@]6(C)CC[C@H](OC(=O)C8CC8)[C@@](C)(COC(=O)C8CC8)[C@@H]6C[C@@H]7O)C54)[C@H](O)[C@@H]3[C@@]2(C)CC[C@@H]1OC(=O)C1CC1. The molecule has 9 aliphatic carbocycles. The second kappa shape index (κ2) is 18.8. The summed E-state index contributed by atoms with van der Waals surface area (Å²) in [7, 11) is 0. The highest BCUT2D eigenvalue weighted by molar-refractivity contribution is 5.96. The van der Waals surface area contributed by atoms with E-state index >= 15 is 9.59 Å². The average Bonchev–Trinajstić information content (AvgIpc) is 1.15. The smallest absolute Gasteiger partial charge is 0.341 e. The van der Waals surface area contributed by atoms with Gasteiger partial charge in [-0.05, 0) is 139 Å². The zero-order valence-electron chi connectivity index (χ0n) is 49.6. The Morgan fingerprint density at radius 1 is 0.523 bits per heavy atom. The molecule has 4 N–H and O–H groups in total. The number of nitrogens with zero attached hydrogens (tertiary/aromatic N) is 2. The highest BCUT2D eigenvalue weighted by Gasteiger charge is 2.87. The Balaban J connectivity index is 0.846. The number of carbonyl (C=O) groups is 6. The minimum atomic E-state index is -1.95. The quantitative estimate of drug-likeness (QED) is 0.142. The molecule has 0 spiro atoms. The molecular formula is C66H78N2O18. The van der Waals surface area contributed by atoms with E-state index in [1.807, 2.05) is 27.7 Å². The fraction of sp³-hybridized carbons (Fsp3) is 0.697. The molecule has 0 radical (unpaired) electrons. The summed E-state index contributed by atoms with van der Waals surface area (Å²) < 4.78 is 53.7. The van der Waals surface area contributed by atoms with Crippen LogP contribution in [0.1, 0.15) is 143 Å². The van der Waals surface area contributed by atoms with Crippen LogP contribution in [0.2, 0.25) is 0 Å². The molecule has 86 heavy (non-hydrogen) atoms. The number of hydrogen-bond acceptors (Lipinski definition) is 20. The highest BCUT2D eigenvalue weighted by atomic mass is 16.6. The Hall–Kier alpha value is -5.96. The molecule has 0 bridgehead atoms. The van der Waals surface area contributed by atoms with Crippen molar-refractivity contribution in [2.24, 2.45) is 80.8 Å². The van der Waals surface area contributed by atoms with Gasteiger partial charge < -0.3 is 58.3 Å². The first-order chi connectivity index (χ1) is 40.9. The molecule has 20 nitrogen and oxygen atoms in total. The van der Waals surface area contributed by atoms with Crippen molar-refractivity contribution in [3.05, 3.63) is 82.8 Å². The van der Waals surface area contributed by atoms with E-state index in [9.17, 15) is 39.6 Å². The second-order valence-electron chi connectivity index (χ2n) is 29.6. The number of carbonyl (C=O) groups excluding carboxylic acids is 6. The van der Waals surface area contributed by atoms with Crippen LogP contribution in [0.25, 0.3) is 0 Å². The van der Waals surface area contributed by atoms with Crippen molar-refractivity contribution in [1.82, 2.24) is 9.97 Å². The summed E-state index contributed by atoms with van der Waals surface area (Å²) in [5.74, 6) is -10.1. The van der Waals surface area contributed by atoms with Crippen molar-refractivity contribution in [2.75, 3.05) is 13.2 Å². The Morgan fingerprint density at radius 2 is 0.884 bits per heavy atom. The summed E-state index contributed by atoms with van der Waals surface area (Å²) in [4.78, 5) is 94.1. The summed E-state index contributed by atoms with van der Waals surface area (Å²) in [6, 6.07) is 6.77. The molecule has 0 aromatic carbocycles. The molecule has 2 aromatic rings. The Kier molecular flexibility index (Phi) is 12.4. The Labute approximate surface area is 498 Å². The lowest BCUT2D eigenvalue weighted by atomic mass is 9.40. The van der Waals surface area contributed by atoms with Crippen molar-refractivity contribution in [2.45, 2.75) is 190 Å². The molecule has 13 aliphatic rings. The lowest BCUT2D eigenvalue weighted by Gasteiger charge is -2.73. The maximum Gasteiger partial charge on any atom is 0.341 e. The van der Waals surface area contributed by atoms with E-state index in [1.54, 1.807) is 50.5 Å². The number of ether oxygens (including phenoxy) is 8. The first kappa shape index (κ1) is 56.5. The van der Waals surface area contributed by atoms with Crippen LogP contribution < -0.4 is 0 Å². The van der Waals surface area contributed by atoms with E-state index in [0.717, 1.165) is 51.4 Å². The van der Waals surface area contributed by atoms with Crippen LogP contribution in [0.3, 0.4) is 0 Å². The summed E-state index contributed by atoms with van der Waals surface area (Å²) >= 11 is 0. The lowest BCUT2D eigenvalue weighted by molar-refractivity contribution is -0.351. The van der Waals surface area contributed by atoms with Gasteiger partial charge in [0.2, 0.25) is 0 Å². The minimum Gasteiger partial charge on any atom is -0.487 e. The molecule has 460 valence electrons. The maximum absolute atomic E-state index is 15.8. The largest absolute Gasteiger partial charge is 0.487 e. The van der Waals surface area contributed by atoms with Crippen molar-refractivity contribution in [3.8, 4) is 0 Å². The molecular weight excluding hydrogens is 1110 g/mol. The van der Waals surface area contributed by atoms with Gasteiger partial charge in [0.05, 0.1) is 48.1 Å². The van der Waals surface area contributed by atoms with Crippen LogP contribution in [-0.2, 0) is 77.9 Å². The topological polar surface area (TPSA) is 283 Å². The molecule has 6 heterocycles.